The van der Waals surface area contributed by atoms with Gasteiger partial charge in [0.05, 0.1) is 6.10 Å². The Morgan fingerprint density at radius 3 is 2.50 bits per heavy atom. The first kappa shape index (κ1) is 17.4. The zero-order valence-electron chi connectivity index (χ0n) is 14.9. The van der Waals surface area contributed by atoms with E-state index in [-0.39, 0.29) is 0 Å². The van der Waals surface area contributed by atoms with Gasteiger partial charge >= 0.3 is 0 Å². The number of rotatable bonds is 7. The third-order valence-corrected chi connectivity index (χ3v) is 5.72. The first-order valence-corrected chi connectivity index (χ1v) is 10.1. The van der Waals surface area contributed by atoms with Crippen LogP contribution in [0.5, 0.6) is 0 Å². The van der Waals surface area contributed by atoms with Gasteiger partial charge in [0.1, 0.15) is 5.01 Å². The van der Waals surface area contributed by atoms with Crippen molar-refractivity contribution in [2.24, 2.45) is 0 Å². The SMILES string of the molecule is c1ccc(CN(Cc2cnc(-c3ccccc3)s2)CC2CCCO2)cc1. The molecule has 3 nitrogen and oxygen atoms in total. The summed E-state index contributed by atoms with van der Waals surface area (Å²) >= 11 is 1.79. The van der Waals surface area contributed by atoms with Gasteiger partial charge in [-0.1, -0.05) is 60.7 Å². The predicted octanol–water partition coefficient (Wildman–Crippen LogP) is 4.99. The lowest BCUT2D eigenvalue weighted by molar-refractivity contribution is 0.0682. The summed E-state index contributed by atoms with van der Waals surface area (Å²) in [5.74, 6) is 0. The third kappa shape index (κ3) is 4.58. The van der Waals surface area contributed by atoms with Gasteiger partial charge in [-0.15, -0.1) is 11.3 Å². The van der Waals surface area contributed by atoms with E-state index >= 15 is 0 Å². The monoisotopic (exact) mass is 364 g/mol. The van der Waals surface area contributed by atoms with Crippen molar-refractivity contribution in [1.82, 2.24) is 9.88 Å². The molecule has 0 spiro atoms. The van der Waals surface area contributed by atoms with E-state index in [1.165, 1.54) is 28.8 Å². The maximum absolute atomic E-state index is 5.88. The highest BCUT2D eigenvalue weighted by Crippen LogP contribution is 2.26. The summed E-state index contributed by atoms with van der Waals surface area (Å²) in [6.45, 7) is 3.74. The first-order valence-electron chi connectivity index (χ1n) is 9.25. The van der Waals surface area contributed by atoms with Crippen molar-refractivity contribution in [3.8, 4) is 10.6 Å². The Bertz CT molecular complexity index is 797. The van der Waals surface area contributed by atoms with Gasteiger partial charge in [-0.05, 0) is 18.4 Å². The number of hydrogen-bond donors (Lipinski definition) is 0. The van der Waals surface area contributed by atoms with Crippen molar-refractivity contribution in [2.75, 3.05) is 13.2 Å². The maximum Gasteiger partial charge on any atom is 0.123 e. The minimum absolute atomic E-state index is 0.361. The van der Waals surface area contributed by atoms with E-state index in [4.69, 9.17) is 4.74 Å². The summed E-state index contributed by atoms with van der Waals surface area (Å²) in [5, 5.41) is 1.09. The molecule has 0 radical (unpaired) electrons. The Balaban J connectivity index is 1.47. The van der Waals surface area contributed by atoms with Crippen LogP contribution in [0.2, 0.25) is 0 Å². The quantitative estimate of drug-likeness (QED) is 0.590. The van der Waals surface area contributed by atoms with Gasteiger partial charge in [0.2, 0.25) is 0 Å². The van der Waals surface area contributed by atoms with Crippen LogP contribution in [0.1, 0.15) is 23.3 Å². The molecule has 0 aliphatic carbocycles. The highest BCUT2D eigenvalue weighted by molar-refractivity contribution is 7.15. The number of aromatic nitrogens is 1. The fraction of sp³-hybridized carbons (Fsp3) is 0.318. The summed E-state index contributed by atoms with van der Waals surface area (Å²) in [5.41, 5.74) is 2.54. The smallest absolute Gasteiger partial charge is 0.123 e. The molecular formula is C22H24N2OS. The number of benzene rings is 2. The molecule has 4 heteroatoms. The molecule has 0 bridgehead atoms. The second-order valence-corrected chi connectivity index (χ2v) is 7.90. The van der Waals surface area contributed by atoms with Crippen LogP contribution in [0.25, 0.3) is 10.6 Å². The van der Waals surface area contributed by atoms with Gasteiger partial charge in [-0.25, -0.2) is 4.98 Å². The second kappa shape index (κ2) is 8.58. The molecule has 0 saturated carbocycles. The fourth-order valence-electron chi connectivity index (χ4n) is 3.42. The molecule has 1 fully saturated rings. The lowest BCUT2D eigenvalue weighted by Gasteiger charge is -2.24. The van der Waals surface area contributed by atoms with Crippen LogP contribution in [-0.2, 0) is 17.8 Å². The van der Waals surface area contributed by atoms with E-state index < -0.39 is 0 Å². The molecule has 1 aromatic heterocycles. The van der Waals surface area contributed by atoms with E-state index in [0.717, 1.165) is 31.2 Å². The van der Waals surface area contributed by atoms with Crippen LogP contribution < -0.4 is 0 Å². The van der Waals surface area contributed by atoms with Gasteiger partial charge in [-0.2, -0.15) is 0 Å². The molecule has 1 unspecified atom stereocenters. The van der Waals surface area contributed by atoms with Crippen molar-refractivity contribution in [3.05, 3.63) is 77.3 Å². The average Bonchev–Trinajstić information content (AvgIpc) is 3.35. The molecule has 2 aromatic carbocycles. The largest absolute Gasteiger partial charge is 0.377 e. The normalized spacial score (nSPS) is 17.0. The Morgan fingerprint density at radius 1 is 1.00 bits per heavy atom. The van der Waals surface area contributed by atoms with E-state index in [0.29, 0.717) is 6.10 Å². The van der Waals surface area contributed by atoms with Crippen LogP contribution >= 0.6 is 11.3 Å². The number of ether oxygens (including phenoxy) is 1. The molecule has 2 heterocycles. The minimum Gasteiger partial charge on any atom is -0.377 e. The molecule has 1 aliphatic rings. The standard InChI is InChI=1S/C22H24N2OS/c1-3-8-18(9-4-1)15-24(16-20-12-7-13-25-20)17-21-14-23-22(26-21)19-10-5-2-6-11-19/h1-6,8-11,14,20H,7,12-13,15-17H2. The van der Waals surface area contributed by atoms with Crippen LogP contribution in [-0.4, -0.2) is 29.1 Å². The van der Waals surface area contributed by atoms with Crippen molar-refractivity contribution >= 4 is 11.3 Å². The Labute approximate surface area is 159 Å². The second-order valence-electron chi connectivity index (χ2n) is 6.79. The third-order valence-electron chi connectivity index (χ3n) is 4.69. The molecule has 26 heavy (non-hydrogen) atoms. The number of thiazole rings is 1. The van der Waals surface area contributed by atoms with Crippen LogP contribution in [0, 0.1) is 0 Å². The summed E-state index contributed by atoms with van der Waals surface area (Å²) < 4.78 is 5.88. The van der Waals surface area contributed by atoms with Gasteiger partial charge < -0.3 is 4.74 Å². The van der Waals surface area contributed by atoms with E-state index in [9.17, 15) is 0 Å². The van der Waals surface area contributed by atoms with Gasteiger partial charge in [0.15, 0.2) is 0 Å². The van der Waals surface area contributed by atoms with Gasteiger partial charge in [0.25, 0.3) is 0 Å². The van der Waals surface area contributed by atoms with E-state index in [1.54, 1.807) is 11.3 Å². The zero-order chi connectivity index (χ0) is 17.6. The molecule has 1 aliphatic heterocycles. The van der Waals surface area contributed by atoms with Gasteiger partial charge in [-0.3, -0.25) is 4.90 Å². The van der Waals surface area contributed by atoms with Crippen molar-refractivity contribution in [1.29, 1.82) is 0 Å². The average molecular weight is 365 g/mol. The van der Waals surface area contributed by atoms with Crippen LogP contribution in [0.15, 0.2) is 66.9 Å². The van der Waals surface area contributed by atoms with Crippen LogP contribution in [0.4, 0.5) is 0 Å². The molecule has 3 aromatic rings. The number of nitrogens with zero attached hydrogens (tertiary/aromatic N) is 2. The maximum atomic E-state index is 5.88. The van der Waals surface area contributed by atoms with E-state index in [2.05, 4.69) is 64.5 Å². The zero-order valence-corrected chi connectivity index (χ0v) is 15.7. The molecule has 0 amide bonds. The van der Waals surface area contributed by atoms with Crippen LogP contribution in [0.3, 0.4) is 0 Å². The van der Waals surface area contributed by atoms with E-state index in [1.807, 2.05) is 12.3 Å². The lowest BCUT2D eigenvalue weighted by atomic mass is 10.2. The molecule has 134 valence electrons. The number of hydrogen-bond acceptors (Lipinski definition) is 4. The molecule has 1 saturated heterocycles. The summed E-state index contributed by atoms with van der Waals surface area (Å²) in [4.78, 5) is 8.44. The van der Waals surface area contributed by atoms with Crippen molar-refractivity contribution in [3.63, 3.8) is 0 Å². The topological polar surface area (TPSA) is 25.4 Å². The van der Waals surface area contributed by atoms with Gasteiger partial charge in [0, 0.05) is 42.9 Å². The summed E-state index contributed by atoms with van der Waals surface area (Å²) in [6, 6.07) is 21.1. The lowest BCUT2D eigenvalue weighted by Crippen LogP contribution is -2.31. The highest BCUT2D eigenvalue weighted by atomic mass is 32.1. The molecule has 0 N–H and O–H groups in total. The summed E-state index contributed by atoms with van der Waals surface area (Å²) in [7, 11) is 0. The van der Waals surface area contributed by atoms with Crippen molar-refractivity contribution < 1.29 is 4.74 Å². The molecular weight excluding hydrogens is 340 g/mol. The Hall–Kier alpha value is -2.01. The highest BCUT2D eigenvalue weighted by Gasteiger charge is 2.20. The Kier molecular flexibility index (Phi) is 5.75. The minimum atomic E-state index is 0.361. The summed E-state index contributed by atoms with van der Waals surface area (Å²) in [6.07, 6.45) is 4.74. The Morgan fingerprint density at radius 2 is 1.77 bits per heavy atom. The molecule has 4 rings (SSSR count). The predicted molar refractivity (Wildman–Crippen MR) is 107 cm³/mol. The molecule has 1 atom stereocenters. The fourth-order valence-corrected chi connectivity index (χ4v) is 4.38. The van der Waals surface area contributed by atoms with Crippen molar-refractivity contribution in [2.45, 2.75) is 32.0 Å². The first-order chi connectivity index (χ1) is 12.9.